The molecule has 0 spiro atoms. The Kier molecular flexibility index (Phi) is 64.3. The Bertz CT molecular complexity index is 1610. The summed E-state index contributed by atoms with van der Waals surface area (Å²) in [6, 6.07) is 0. The highest BCUT2D eigenvalue weighted by molar-refractivity contribution is 5.71. The molecule has 0 N–H and O–H groups in total. The molecule has 0 saturated carbocycles. The molecule has 0 aliphatic heterocycles. The van der Waals surface area contributed by atoms with Crippen LogP contribution in [-0.2, 0) is 28.6 Å². The van der Waals surface area contributed by atoms with Crippen LogP contribution in [-0.4, -0.2) is 37.2 Å². The molecule has 0 fully saturated rings. The maximum atomic E-state index is 12.9. The minimum Gasteiger partial charge on any atom is -0.462 e. The maximum Gasteiger partial charge on any atom is 0.306 e. The zero-order chi connectivity index (χ0) is 57.8. The Hall–Kier alpha value is -3.93. The van der Waals surface area contributed by atoms with Gasteiger partial charge in [-0.1, -0.05) is 304 Å². The summed E-state index contributed by atoms with van der Waals surface area (Å²) in [5.41, 5.74) is 0. The van der Waals surface area contributed by atoms with Gasteiger partial charge in [0, 0.05) is 19.3 Å². The van der Waals surface area contributed by atoms with E-state index in [-0.39, 0.29) is 31.1 Å². The van der Waals surface area contributed by atoms with Crippen LogP contribution >= 0.6 is 0 Å². The van der Waals surface area contributed by atoms with E-state index in [4.69, 9.17) is 14.2 Å². The number of ether oxygens (including phenoxy) is 3. The van der Waals surface area contributed by atoms with Crippen LogP contribution in [0.25, 0.3) is 0 Å². The minimum absolute atomic E-state index is 0.0811. The van der Waals surface area contributed by atoms with E-state index in [2.05, 4.69) is 130 Å². The lowest BCUT2D eigenvalue weighted by Crippen LogP contribution is -2.30. The van der Waals surface area contributed by atoms with Crippen LogP contribution < -0.4 is 0 Å². The molecule has 1 atom stereocenters. The second kappa shape index (κ2) is 67.6. The summed E-state index contributed by atoms with van der Waals surface area (Å²) in [6.07, 6.45) is 92.6. The van der Waals surface area contributed by atoms with Crippen molar-refractivity contribution in [1.82, 2.24) is 0 Å². The molecule has 0 amide bonds. The van der Waals surface area contributed by atoms with E-state index in [0.29, 0.717) is 19.3 Å². The third kappa shape index (κ3) is 64.9. The van der Waals surface area contributed by atoms with Gasteiger partial charge in [-0.05, 0) is 109 Å². The van der Waals surface area contributed by atoms with Crippen molar-refractivity contribution < 1.29 is 28.6 Å². The number of hydrogen-bond acceptors (Lipinski definition) is 6. The lowest BCUT2D eigenvalue weighted by molar-refractivity contribution is -0.167. The molecule has 0 aromatic heterocycles. The first-order valence-electron chi connectivity index (χ1n) is 33.9. The van der Waals surface area contributed by atoms with Crippen LogP contribution in [0.4, 0.5) is 0 Å². The zero-order valence-electron chi connectivity index (χ0n) is 52.6. The molecule has 6 heteroatoms. The van der Waals surface area contributed by atoms with Gasteiger partial charge < -0.3 is 14.2 Å². The Labute approximate surface area is 495 Å². The Balaban J connectivity index is 4.20. The molecule has 0 radical (unpaired) electrons. The highest BCUT2D eigenvalue weighted by Gasteiger charge is 2.19. The molecule has 458 valence electrons. The van der Waals surface area contributed by atoms with Crippen LogP contribution in [0.3, 0.4) is 0 Å². The second-order valence-corrected chi connectivity index (χ2v) is 22.4. The van der Waals surface area contributed by atoms with Gasteiger partial charge in [0.2, 0.25) is 0 Å². The molecule has 0 bridgehead atoms. The van der Waals surface area contributed by atoms with Gasteiger partial charge in [-0.3, -0.25) is 14.4 Å². The fraction of sp³-hybridized carbons (Fsp3) is 0.716. The van der Waals surface area contributed by atoms with Gasteiger partial charge in [0.1, 0.15) is 13.2 Å². The fourth-order valence-electron chi connectivity index (χ4n) is 9.45. The molecule has 0 aliphatic carbocycles. The Morgan fingerprint density at radius 2 is 0.487 bits per heavy atom. The van der Waals surface area contributed by atoms with E-state index >= 15 is 0 Å². The van der Waals surface area contributed by atoms with Gasteiger partial charge in [0.15, 0.2) is 6.10 Å². The number of esters is 3. The molecule has 0 aromatic rings. The average molecular weight is 1110 g/mol. The quantitative estimate of drug-likeness (QED) is 0.0261. The third-order valence-corrected chi connectivity index (χ3v) is 14.5. The highest BCUT2D eigenvalue weighted by Crippen LogP contribution is 2.16. The number of unbranched alkanes of at least 4 members (excludes halogenated alkanes) is 32. The Morgan fingerprint density at radius 3 is 0.775 bits per heavy atom. The first-order chi connectivity index (χ1) is 39.5. The van der Waals surface area contributed by atoms with E-state index in [1.807, 2.05) is 0 Å². The molecule has 0 heterocycles. The molecule has 6 nitrogen and oxygen atoms in total. The second-order valence-electron chi connectivity index (χ2n) is 22.4. The van der Waals surface area contributed by atoms with Crippen molar-refractivity contribution in [2.24, 2.45) is 0 Å². The van der Waals surface area contributed by atoms with Crippen molar-refractivity contribution in [2.45, 2.75) is 329 Å². The molecular weight excluding hydrogens is 985 g/mol. The van der Waals surface area contributed by atoms with Crippen molar-refractivity contribution >= 4 is 17.9 Å². The van der Waals surface area contributed by atoms with Crippen LogP contribution in [0, 0.1) is 0 Å². The van der Waals surface area contributed by atoms with Crippen LogP contribution in [0.5, 0.6) is 0 Å². The number of allylic oxidation sites excluding steroid dienone is 18. The molecular formula is C74H126O6. The van der Waals surface area contributed by atoms with E-state index in [1.165, 1.54) is 161 Å². The topological polar surface area (TPSA) is 78.9 Å². The minimum atomic E-state index is -0.784. The predicted octanol–water partition coefficient (Wildman–Crippen LogP) is 23.4. The Morgan fingerprint density at radius 1 is 0.263 bits per heavy atom. The summed E-state index contributed by atoms with van der Waals surface area (Å²) in [4.78, 5) is 38.2. The van der Waals surface area contributed by atoms with Crippen molar-refractivity contribution in [1.29, 1.82) is 0 Å². The summed E-state index contributed by atoms with van der Waals surface area (Å²) in [7, 11) is 0. The number of carbonyl (C=O) groups is 3. The van der Waals surface area contributed by atoms with Crippen LogP contribution in [0.2, 0.25) is 0 Å². The van der Waals surface area contributed by atoms with Gasteiger partial charge >= 0.3 is 17.9 Å². The summed E-state index contributed by atoms with van der Waals surface area (Å²) < 4.78 is 16.9. The van der Waals surface area contributed by atoms with E-state index in [0.717, 1.165) is 122 Å². The van der Waals surface area contributed by atoms with E-state index < -0.39 is 6.10 Å². The molecule has 1 unspecified atom stereocenters. The summed E-state index contributed by atoms with van der Waals surface area (Å²) >= 11 is 0. The van der Waals surface area contributed by atoms with Crippen molar-refractivity contribution in [3.8, 4) is 0 Å². The van der Waals surface area contributed by atoms with Crippen molar-refractivity contribution in [3.05, 3.63) is 109 Å². The molecule has 0 aromatic carbocycles. The summed E-state index contributed by atoms with van der Waals surface area (Å²) in [6.45, 7) is 6.51. The summed E-state index contributed by atoms with van der Waals surface area (Å²) in [5.74, 6) is -0.892. The van der Waals surface area contributed by atoms with E-state index in [1.54, 1.807) is 0 Å². The molecule has 0 rings (SSSR count). The number of carbonyl (C=O) groups excluding carboxylic acids is 3. The smallest absolute Gasteiger partial charge is 0.306 e. The van der Waals surface area contributed by atoms with Crippen LogP contribution in [0.1, 0.15) is 323 Å². The monoisotopic (exact) mass is 1110 g/mol. The molecule has 0 saturated heterocycles. The van der Waals surface area contributed by atoms with Crippen LogP contribution in [0.15, 0.2) is 109 Å². The standard InChI is InChI=1S/C74H126O6/c1-4-7-10-13-16-19-21-23-25-27-29-31-33-34-35-36-37-38-39-40-42-43-45-47-49-51-53-55-58-61-64-67-73(76)79-70-71(69-78-72(75)66-63-60-57-18-15-12-9-6-3)80-74(77)68-65-62-59-56-54-52-50-48-46-44-41-32-30-28-26-24-22-20-17-14-11-8-5-2/h7,10,16,19,23,25,28-31,34-35,37-38,40,42,45,47,71H,4-6,8-9,11-15,17-18,20-22,24,26-27,32-33,36,39,41,43-44,46,48-70H2,1-3H3/b10-7-,19-16-,25-23-,30-28-,31-29-,35-34-,38-37-,42-40-,47-45-. The van der Waals surface area contributed by atoms with Crippen molar-refractivity contribution in [2.75, 3.05) is 13.2 Å². The van der Waals surface area contributed by atoms with Gasteiger partial charge in [0.05, 0.1) is 0 Å². The van der Waals surface area contributed by atoms with Crippen molar-refractivity contribution in [3.63, 3.8) is 0 Å². The fourth-order valence-corrected chi connectivity index (χ4v) is 9.45. The maximum absolute atomic E-state index is 12.9. The summed E-state index contributed by atoms with van der Waals surface area (Å²) in [5, 5.41) is 0. The normalized spacial score (nSPS) is 12.8. The largest absolute Gasteiger partial charge is 0.462 e. The average Bonchev–Trinajstić information content (AvgIpc) is 3.46. The first-order valence-corrected chi connectivity index (χ1v) is 33.9. The first kappa shape index (κ1) is 76.1. The number of rotatable bonds is 61. The lowest BCUT2D eigenvalue weighted by atomic mass is 10.0. The van der Waals surface area contributed by atoms with Gasteiger partial charge in [-0.25, -0.2) is 0 Å². The lowest BCUT2D eigenvalue weighted by Gasteiger charge is -2.18. The van der Waals surface area contributed by atoms with Gasteiger partial charge in [-0.2, -0.15) is 0 Å². The number of hydrogen-bond donors (Lipinski definition) is 0. The SMILES string of the molecule is CC/C=C\C/C=C\C/C=C\C/C=C\C/C=C\C/C=C\C/C=C\C/C=C\CCCCCCCCC(=O)OCC(COC(=O)CCCCCCCCCC)OC(=O)CCCCCCCCCCCCC/C=C\CCCCCCCCCC. The molecule has 80 heavy (non-hydrogen) atoms. The predicted molar refractivity (Wildman–Crippen MR) is 348 cm³/mol. The zero-order valence-corrected chi connectivity index (χ0v) is 52.6. The third-order valence-electron chi connectivity index (χ3n) is 14.5. The van der Waals surface area contributed by atoms with Gasteiger partial charge in [-0.15, -0.1) is 0 Å². The highest BCUT2D eigenvalue weighted by atomic mass is 16.6. The van der Waals surface area contributed by atoms with Gasteiger partial charge in [0.25, 0.3) is 0 Å². The molecule has 0 aliphatic rings. The van der Waals surface area contributed by atoms with E-state index in [9.17, 15) is 14.4 Å².